The summed E-state index contributed by atoms with van der Waals surface area (Å²) in [4.78, 5) is 0. The Morgan fingerprint density at radius 3 is 2.70 bits per heavy atom. The van der Waals surface area contributed by atoms with Crippen LogP contribution in [0.2, 0.25) is 0 Å². The Morgan fingerprint density at radius 2 is 2.15 bits per heavy atom. The lowest BCUT2D eigenvalue weighted by molar-refractivity contribution is -0.167. The quantitative estimate of drug-likeness (QED) is 0.667. The Balaban J connectivity index is 2.31. The summed E-state index contributed by atoms with van der Waals surface area (Å²) in [7, 11) is 0. The average molecular weight is 313 g/mol. The lowest BCUT2D eigenvalue weighted by Gasteiger charge is -2.20. The molecular formula is C13H19F4NOS. The van der Waals surface area contributed by atoms with Crippen molar-refractivity contribution in [3.63, 3.8) is 0 Å². The fraction of sp³-hybridized carbons (Fsp3) is 0.692. The van der Waals surface area contributed by atoms with Gasteiger partial charge in [-0.15, -0.1) is 0 Å². The predicted molar refractivity (Wildman–Crippen MR) is 71.9 cm³/mol. The van der Waals surface area contributed by atoms with Crippen LogP contribution in [0.4, 0.5) is 17.6 Å². The smallest absolute Gasteiger partial charge is 0.330 e. The van der Waals surface area contributed by atoms with Crippen LogP contribution in [0.3, 0.4) is 0 Å². The molecule has 7 heteroatoms. The van der Waals surface area contributed by atoms with Crippen LogP contribution in [0.25, 0.3) is 0 Å². The Kier molecular flexibility index (Phi) is 7.47. The molecule has 1 N–H and O–H groups in total. The third-order valence-corrected chi connectivity index (χ3v) is 3.52. The number of rotatable bonds is 10. The Hall–Kier alpha value is -0.660. The third kappa shape index (κ3) is 6.19. The van der Waals surface area contributed by atoms with E-state index in [0.717, 1.165) is 6.42 Å². The molecule has 1 unspecified atom stereocenters. The van der Waals surface area contributed by atoms with Crippen LogP contribution in [0.15, 0.2) is 16.8 Å². The number of aryl methyl sites for hydroxylation is 1. The summed E-state index contributed by atoms with van der Waals surface area (Å²) >= 11 is 1.59. The maximum Gasteiger partial charge on any atom is 0.330 e. The minimum Gasteiger partial charge on any atom is -0.373 e. The standard InChI is InChI=1S/C13H19F4NOS/c1-2-18-11(4-3-10-5-6-20-8-10)7-19-9-13(16,17)12(14)15/h5-6,8,11-12,18H,2-4,7,9H2,1H3. The molecule has 116 valence electrons. The lowest BCUT2D eigenvalue weighted by Crippen LogP contribution is -2.38. The molecule has 0 saturated carbocycles. The topological polar surface area (TPSA) is 21.3 Å². The summed E-state index contributed by atoms with van der Waals surface area (Å²) in [5.74, 6) is -4.08. The first-order chi connectivity index (χ1) is 9.45. The normalized spacial score (nSPS) is 13.9. The minimum atomic E-state index is -4.08. The van der Waals surface area contributed by atoms with Crippen molar-refractivity contribution >= 4 is 11.3 Å². The number of hydrogen-bond donors (Lipinski definition) is 1. The second-order valence-electron chi connectivity index (χ2n) is 4.50. The molecule has 1 aromatic heterocycles. The van der Waals surface area contributed by atoms with Crippen LogP contribution in [-0.2, 0) is 11.2 Å². The van der Waals surface area contributed by atoms with Crippen molar-refractivity contribution in [2.24, 2.45) is 0 Å². The van der Waals surface area contributed by atoms with Gasteiger partial charge in [-0.1, -0.05) is 6.92 Å². The van der Waals surface area contributed by atoms with Gasteiger partial charge >= 0.3 is 12.3 Å². The van der Waals surface area contributed by atoms with Crippen LogP contribution in [-0.4, -0.2) is 38.1 Å². The van der Waals surface area contributed by atoms with Gasteiger partial charge in [0.25, 0.3) is 0 Å². The first-order valence-corrected chi connectivity index (χ1v) is 7.38. The van der Waals surface area contributed by atoms with Crippen LogP contribution >= 0.6 is 11.3 Å². The number of likely N-dealkylation sites (N-methyl/N-ethyl adjacent to an activating group) is 1. The van der Waals surface area contributed by atoms with Gasteiger partial charge in [0.2, 0.25) is 0 Å². The highest BCUT2D eigenvalue weighted by Gasteiger charge is 2.41. The summed E-state index contributed by atoms with van der Waals surface area (Å²) in [6, 6.07) is 1.88. The van der Waals surface area contributed by atoms with Gasteiger partial charge in [-0.05, 0) is 41.8 Å². The van der Waals surface area contributed by atoms with E-state index in [1.807, 2.05) is 23.8 Å². The van der Waals surface area contributed by atoms with E-state index in [1.54, 1.807) is 11.3 Å². The molecule has 1 atom stereocenters. The van der Waals surface area contributed by atoms with Gasteiger partial charge in [0.1, 0.15) is 6.61 Å². The van der Waals surface area contributed by atoms with Gasteiger partial charge in [0.15, 0.2) is 0 Å². The van der Waals surface area contributed by atoms with Crippen molar-refractivity contribution in [2.75, 3.05) is 19.8 Å². The minimum absolute atomic E-state index is 0.000285. The highest BCUT2D eigenvalue weighted by atomic mass is 32.1. The number of halogens is 4. The van der Waals surface area contributed by atoms with Gasteiger partial charge in [-0.25, -0.2) is 8.78 Å². The number of hydrogen-bond acceptors (Lipinski definition) is 3. The van der Waals surface area contributed by atoms with Crippen molar-refractivity contribution in [1.29, 1.82) is 0 Å². The second-order valence-corrected chi connectivity index (χ2v) is 5.28. The molecule has 0 fully saturated rings. The van der Waals surface area contributed by atoms with E-state index in [1.165, 1.54) is 5.56 Å². The summed E-state index contributed by atoms with van der Waals surface area (Å²) in [6.45, 7) is 1.32. The van der Waals surface area contributed by atoms with Crippen LogP contribution in [0, 0.1) is 0 Å². The first kappa shape index (κ1) is 17.4. The van der Waals surface area contributed by atoms with Crippen LogP contribution in [0.1, 0.15) is 18.9 Å². The molecule has 0 spiro atoms. The Bertz CT molecular complexity index is 359. The molecule has 1 aromatic rings. The number of ether oxygens (including phenoxy) is 1. The average Bonchev–Trinajstić information content (AvgIpc) is 2.88. The monoisotopic (exact) mass is 313 g/mol. The van der Waals surface area contributed by atoms with Gasteiger partial charge in [-0.3, -0.25) is 0 Å². The van der Waals surface area contributed by atoms with E-state index in [-0.39, 0.29) is 12.6 Å². The molecule has 20 heavy (non-hydrogen) atoms. The van der Waals surface area contributed by atoms with Crippen molar-refractivity contribution in [2.45, 2.75) is 38.2 Å². The SMILES string of the molecule is CCNC(CCc1ccsc1)COCC(F)(F)C(F)F. The van der Waals surface area contributed by atoms with E-state index in [0.29, 0.717) is 13.0 Å². The molecule has 0 amide bonds. The summed E-state index contributed by atoms with van der Waals surface area (Å²) < 4.78 is 54.1. The second kappa shape index (κ2) is 8.59. The van der Waals surface area contributed by atoms with Crippen molar-refractivity contribution < 1.29 is 22.3 Å². The molecular weight excluding hydrogens is 294 g/mol. The van der Waals surface area contributed by atoms with Crippen molar-refractivity contribution in [3.05, 3.63) is 22.4 Å². The molecule has 1 rings (SSSR count). The summed E-state index contributed by atoms with van der Waals surface area (Å²) in [5.41, 5.74) is 1.18. The summed E-state index contributed by atoms with van der Waals surface area (Å²) in [6.07, 6.45) is -2.17. The summed E-state index contributed by atoms with van der Waals surface area (Å²) in [5, 5.41) is 7.10. The molecule has 0 saturated heterocycles. The Labute approximate surface area is 120 Å². The van der Waals surface area contributed by atoms with Crippen LogP contribution in [0.5, 0.6) is 0 Å². The van der Waals surface area contributed by atoms with Gasteiger partial charge in [0, 0.05) is 6.04 Å². The largest absolute Gasteiger partial charge is 0.373 e. The predicted octanol–water partition coefficient (Wildman–Crippen LogP) is 3.58. The van der Waals surface area contributed by atoms with Crippen molar-refractivity contribution in [3.8, 4) is 0 Å². The van der Waals surface area contributed by atoms with E-state index >= 15 is 0 Å². The zero-order valence-corrected chi connectivity index (χ0v) is 12.1. The van der Waals surface area contributed by atoms with Gasteiger partial charge < -0.3 is 10.1 Å². The lowest BCUT2D eigenvalue weighted by atomic mass is 10.1. The number of nitrogens with one attached hydrogen (secondary N) is 1. The molecule has 1 heterocycles. The molecule has 0 aliphatic heterocycles. The molecule has 0 aliphatic carbocycles. The van der Waals surface area contributed by atoms with E-state index in [9.17, 15) is 17.6 Å². The number of thiophene rings is 1. The Morgan fingerprint density at radius 1 is 1.40 bits per heavy atom. The maximum atomic E-state index is 12.7. The zero-order chi connectivity index (χ0) is 15.0. The van der Waals surface area contributed by atoms with E-state index in [4.69, 9.17) is 4.74 Å². The fourth-order valence-electron chi connectivity index (χ4n) is 1.71. The van der Waals surface area contributed by atoms with E-state index < -0.39 is 19.0 Å². The van der Waals surface area contributed by atoms with Crippen molar-refractivity contribution in [1.82, 2.24) is 5.32 Å². The molecule has 0 aromatic carbocycles. The highest BCUT2D eigenvalue weighted by Crippen LogP contribution is 2.23. The maximum absolute atomic E-state index is 12.7. The zero-order valence-electron chi connectivity index (χ0n) is 11.3. The number of alkyl halides is 4. The molecule has 0 aliphatic rings. The van der Waals surface area contributed by atoms with Crippen LogP contribution < -0.4 is 5.32 Å². The molecule has 2 nitrogen and oxygen atoms in total. The molecule has 0 bridgehead atoms. The fourth-order valence-corrected chi connectivity index (χ4v) is 2.41. The third-order valence-electron chi connectivity index (χ3n) is 2.79. The van der Waals surface area contributed by atoms with Gasteiger partial charge in [-0.2, -0.15) is 20.1 Å². The molecule has 0 radical (unpaired) electrons. The van der Waals surface area contributed by atoms with E-state index in [2.05, 4.69) is 5.32 Å². The highest BCUT2D eigenvalue weighted by molar-refractivity contribution is 7.07. The van der Waals surface area contributed by atoms with Gasteiger partial charge in [0.05, 0.1) is 6.61 Å². The first-order valence-electron chi connectivity index (χ1n) is 6.44.